The van der Waals surface area contributed by atoms with E-state index in [0.29, 0.717) is 42.9 Å². The predicted octanol–water partition coefficient (Wildman–Crippen LogP) is 3.92. The van der Waals surface area contributed by atoms with Crippen molar-refractivity contribution in [3.63, 3.8) is 0 Å². The van der Waals surface area contributed by atoms with Crippen LogP contribution in [0.1, 0.15) is 60.0 Å². The number of carbonyl (C=O) groups is 2. The molecule has 0 unspecified atom stereocenters. The summed E-state index contributed by atoms with van der Waals surface area (Å²) in [5, 5.41) is 21.1. The first kappa shape index (κ1) is 33.1. The Bertz CT molecular complexity index is 2010. The first-order chi connectivity index (χ1) is 22.8. The van der Waals surface area contributed by atoms with Gasteiger partial charge in [0.05, 0.1) is 28.0 Å². The zero-order chi connectivity index (χ0) is 34.5. The third-order valence-corrected chi connectivity index (χ3v) is 9.17. The van der Waals surface area contributed by atoms with Crippen LogP contribution in [0.5, 0.6) is 5.75 Å². The number of amides is 2. The molecule has 0 radical (unpaired) electrons. The number of carbonyl (C=O) groups excluding carboxylic acids is 2. The summed E-state index contributed by atoms with van der Waals surface area (Å²) in [7, 11) is 0. The van der Waals surface area contributed by atoms with Crippen molar-refractivity contribution in [1.29, 1.82) is 0 Å². The van der Waals surface area contributed by atoms with Crippen molar-refractivity contribution in [2.75, 3.05) is 23.3 Å². The molecule has 3 aromatic heterocycles. The molecule has 1 aromatic carbocycles. The zero-order valence-electron chi connectivity index (χ0n) is 26.2. The van der Waals surface area contributed by atoms with Gasteiger partial charge in [-0.05, 0) is 44.4 Å². The van der Waals surface area contributed by atoms with E-state index in [9.17, 15) is 32.7 Å². The monoisotopic (exact) mass is 685 g/mol. The molecule has 0 bridgehead atoms. The molecule has 0 spiro atoms. The van der Waals surface area contributed by atoms with Crippen molar-refractivity contribution >= 4 is 46.0 Å². The number of rotatable bonds is 7. The van der Waals surface area contributed by atoms with Gasteiger partial charge in [0, 0.05) is 31.2 Å². The number of hydrogen-bond acceptors (Lipinski definition) is 10. The second-order valence-electron chi connectivity index (χ2n) is 11.6. The summed E-state index contributed by atoms with van der Waals surface area (Å²) >= 11 is 6.09. The van der Waals surface area contributed by atoms with E-state index in [0.717, 1.165) is 18.2 Å². The molecule has 2 N–H and O–H groups in total. The summed E-state index contributed by atoms with van der Waals surface area (Å²) < 4.78 is 41.0. The van der Waals surface area contributed by atoms with E-state index in [1.54, 1.807) is 16.4 Å². The van der Waals surface area contributed by atoms with Gasteiger partial charge in [-0.2, -0.15) is 13.2 Å². The van der Waals surface area contributed by atoms with E-state index in [4.69, 9.17) is 11.6 Å². The molecule has 1 saturated carbocycles. The highest BCUT2D eigenvalue weighted by atomic mass is 35.5. The van der Waals surface area contributed by atoms with Gasteiger partial charge in [-0.15, -0.1) is 10.2 Å². The van der Waals surface area contributed by atoms with Gasteiger partial charge in [-0.3, -0.25) is 14.4 Å². The van der Waals surface area contributed by atoms with Gasteiger partial charge in [0.15, 0.2) is 28.4 Å². The Kier molecular flexibility index (Phi) is 8.70. The summed E-state index contributed by atoms with van der Waals surface area (Å²) in [4.78, 5) is 57.2. The smallest absolute Gasteiger partial charge is 0.416 e. The van der Waals surface area contributed by atoms with E-state index in [1.807, 2.05) is 18.7 Å². The third-order valence-electron chi connectivity index (χ3n) is 8.86. The molecule has 252 valence electrons. The molecule has 1 aliphatic carbocycles. The minimum Gasteiger partial charge on any atom is -0.504 e. The van der Waals surface area contributed by atoms with Gasteiger partial charge >= 0.3 is 6.18 Å². The highest BCUT2D eigenvalue weighted by Crippen LogP contribution is 2.39. The number of nitrogens with zero attached hydrogens (tertiary/aromatic N) is 8. The van der Waals surface area contributed by atoms with Crippen LogP contribution in [0.15, 0.2) is 29.3 Å². The Balaban J connectivity index is 1.37. The van der Waals surface area contributed by atoms with Gasteiger partial charge in [-0.1, -0.05) is 25.4 Å². The lowest BCUT2D eigenvalue weighted by Crippen LogP contribution is -2.67. The summed E-state index contributed by atoms with van der Waals surface area (Å²) in [6.07, 6.45) is -1.33. The van der Waals surface area contributed by atoms with Crippen molar-refractivity contribution in [2.45, 2.75) is 71.3 Å². The SMILES string of the molecule is CCc1nnc2c(n1)c(=O)c(N1CCN(C(=O)c3ncnc(C)c3O)[C@H]3CC[C@@H]31)c(CC)n2CC(=O)Nc1ccc(C(F)(F)F)cc1Cl. The number of alkyl halides is 3. The van der Waals surface area contributed by atoms with Crippen LogP contribution in [-0.2, 0) is 30.4 Å². The van der Waals surface area contributed by atoms with Crippen LogP contribution < -0.4 is 15.6 Å². The van der Waals surface area contributed by atoms with Crippen LogP contribution in [-0.4, -0.2) is 76.7 Å². The Hall–Kier alpha value is -4.86. The van der Waals surface area contributed by atoms with Crippen molar-refractivity contribution < 1.29 is 27.9 Å². The van der Waals surface area contributed by atoms with E-state index in [-0.39, 0.29) is 76.2 Å². The summed E-state index contributed by atoms with van der Waals surface area (Å²) in [5.74, 6) is -0.997. The number of piperazine rings is 1. The average molecular weight is 686 g/mol. The molecule has 1 saturated heterocycles. The average Bonchev–Trinajstić information content (AvgIpc) is 3.03. The molecule has 13 nitrogen and oxygen atoms in total. The number of aryl methyl sites for hydroxylation is 2. The lowest BCUT2D eigenvalue weighted by molar-refractivity contribution is -0.137. The molecule has 2 amide bonds. The summed E-state index contributed by atoms with van der Waals surface area (Å²) in [6, 6.07) is 2.12. The molecular formula is C31H31ClF3N9O4. The fourth-order valence-corrected chi connectivity index (χ4v) is 6.54. The topological polar surface area (TPSA) is 159 Å². The van der Waals surface area contributed by atoms with E-state index in [2.05, 4.69) is 30.5 Å². The molecule has 4 heterocycles. The maximum atomic E-state index is 14.2. The Labute approximate surface area is 276 Å². The van der Waals surface area contributed by atoms with Gasteiger partial charge in [-0.25, -0.2) is 15.0 Å². The molecule has 2 fully saturated rings. The fraction of sp³-hybridized carbons (Fsp3) is 0.419. The molecule has 2 aliphatic rings. The fourth-order valence-electron chi connectivity index (χ4n) is 6.32. The largest absolute Gasteiger partial charge is 0.504 e. The third kappa shape index (κ3) is 5.77. The van der Waals surface area contributed by atoms with Gasteiger partial charge < -0.3 is 24.8 Å². The van der Waals surface area contributed by atoms with Crippen LogP contribution in [0.3, 0.4) is 0 Å². The van der Waals surface area contributed by atoms with Crippen LogP contribution >= 0.6 is 11.6 Å². The lowest BCUT2D eigenvalue weighted by atomic mass is 9.81. The number of aromatic nitrogens is 6. The van der Waals surface area contributed by atoms with Gasteiger partial charge in [0.2, 0.25) is 11.3 Å². The second-order valence-corrected chi connectivity index (χ2v) is 12.0. The molecule has 6 rings (SSSR count). The maximum Gasteiger partial charge on any atom is 0.416 e. The number of hydrogen-bond donors (Lipinski definition) is 2. The van der Waals surface area contributed by atoms with E-state index >= 15 is 0 Å². The molecule has 48 heavy (non-hydrogen) atoms. The number of aromatic hydroxyl groups is 1. The highest BCUT2D eigenvalue weighted by Gasteiger charge is 2.47. The minimum atomic E-state index is -4.61. The predicted molar refractivity (Wildman–Crippen MR) is 169 cm³/mol. The lowest BCUT2D eigenvalue weighted by Gasteiger charge is -2.54. The van der Waals surface area contributed by atoms with E-state index < -0.39 is 23.6 Å². The second kappa shape index (κ2) is 12.6. The van der Waals surface area contributed by atoms with Crippen molar-refractivity contribution in [1.82, 2.24) is 34.6 Å². The standard InChI is InChI=1S/C31H31ClF3N9O4/c1-4-19-26(42-10-11-43(21-9-8-20(21)42)30(48)25-27(46)15(3)36-14-37-25)28(47)24-29(41-40-22(5-2)39-24)44(19)13-23(45)38-18-7-6-16(12-17(18)32)31(33,34)35/h6-7,12,14,20-21,46H,4-5,8-11,13H2,1-3H3,(H,38,45)/t20-,21-/m0/s1. The number of anilines is 2. The Morgan fingerprint density at radius 2 is 1.83 bits per heavy atom. The van der Waals surface area contributed by atoms with Gasteiger partial charge in [0.25, 0.3) is 5.91 Å². The van der Waals surface area contributed by atoms with Crippen LogP contribution in [0.4, 0.5) is 24.5 Å². The molecule has 1 aliphatic heterocycles. The van der Waals surface area contributed by atoms with Gasteiger partial charge in [0.1, 0.15) is 18.6 Å². The minimum absolute atomic E-state index is 0.0150. The van der Waals surface area contributed by atoms with Crippen molar-refractivity contribution in [3.05, 3.63) is 68.2 Å². The molecule has 4 aromatic rings. The quantitative estimate of drug-likeness (QED) is 0.292. The number of benzene rings is 1. The molecule has 17 heteroatoms. The number of pyridine rings is 1. The van der Waals surface area contributed by atoms with E-state index in [1.165, 1.54) is 6.33 Å². The normalized spacial score (nSPS) is 17.6. The van der Waals surface area contributed by atoms with Crippen LogP contribution in [0, 0.1) is 6.92 Å². The Morgan fingerprint density at radius 1 is 1.08 bits per heavy atom. The summed E-state index contributed by atoms with van der Waals surface area (Å²) in [6.45, 7) is 5.36. The van der Waals surface area contributed by atoms with Crippen LogP contribution in [0.2, 0.25) is 5.02 Å². The maximum absolute atomic E-state index is 14.2. The highest BCUT2D eigenvalue weighted by molar-refractivity contribution is 6.33. The van der Waals surface area contributed by atoms with Crippen LogP contribution in [0.25, 0.3) is 11.2 Å². The molecular weight excluding hydrogens is 655 g/mol. The number of fused-ring (bicyclic) bond motifs is 2. The van der Waals surface area contributed by atoms with Crippen molar-refractivity contribution in [3.8, 4) is 5.75 Å². The first-order valence-corrected chi connectivity index (χ1v) is 15.8. The zero-order valence-corrected chi connectivity index (χ0v) is 26.9. The first-order valence-electron chi connectivity index (χ1n) is 15.4. The number of nitrogens with one attached hydrogen (secondary N) is 1. The summed E-state index contributed by atoms with van der Waals surface area (Å²) in [5.41, 5.74) is -0.243. The van der Waals surface area contributed by atoms with Crippen molar-refractivity contribution in [2.24, 2.45) is 0 Å². The number of halogens is 4. The molecule has 2 atom stereocenters. The Morgan fingerprint density at radius 3 is 2.48 bits per heavy atom.